The maximum absolute atomic E-state index is 3.85. The molecule has 118 heavy (non-hydrogen) atoms. The van der Waals surface area contributed by atoms with Gasteiger partial charge in [-0.2, -0.15) is 0 Å². The van der Waals surface area contributed by atoms with Gasteiger partial charge in [-0.3, -0.25) is 14.7 Å². The fourth-order valence-electron chi connectivity index (χ4n) is 41.6. The van der Waals surface area contributed by atoms with Gasteiger partial charge in [0.1, 0.15) is 0 Å². The van der Waals surface area contributed by atoms with E-state index in [-0.39, 0.29) is 0 Å². The summed E-state index contributed by atoms with van der Waals surface area (Å²) in [4.78, 5) is 11.4. The molecule has 0 spiro atoms. The van der Waals surface area contributed by atoms with Crippen molar-refractivity contribution in [2.75, 3.05) is 0 Å². The second-order valence-corrected chi connectivity index (χ2v) is 55.5. The lowest BCUT2D eigenvalue weighted by Gasteiger charge is -2.71. The number of fused-ring (bicyclic) bond motifs is 4. The Balaban J connectivity index is 0.700. The highest BCUT2D eigenvalue weighted by Crippen LogP contribution is 2.73. The molecular weight excluding hydrogens is 1420 g/mol. The molecule has 0 amide bonds. The number of hydrogen-bond donors (Lipinski definition) is 0. The summed E-state index contributed by atoms with van der Waals surface area (Å²) in [5.41, 5.74) is 1.74. The first-order chi connectivity index (χ1) is 57.0. The molecule has 666 valence electrons. The molecule has 0 aromatic heterocycles. The van der Waals surface area contributed by atoms with E-state index in [0.29, 0.717) is 21.7 Å². The van der Waals surface area contributed by atoms with Gasteiger partial charge >= 0.3 is 0 Å². The number of nitrogens with zero attached hydrogens (tertiary/aromatic N) is 3. The van der Waals surface area contributed by atoms with Gasteiger partial charge < -0.3 is 0 Å². The molecule has 2 saturated heterocycles. The standard InChI is InChI=1S/C114H192BN3/c1-111(2,3)87-57-81-33-35-83-59-89(113(7,8)9)67-98-96(63-85(61-87)106(81)108(83)98)79-45-55-102-100(65-79)115-101-66-80(97-64-86-62-88(112(4,5)6)58-82-34-36-84-60-90(114(10,11)12)68-99(97)109(84)107(82)86)46-56-103(101)118(94-53-43-78(44-54-94)74-31-23-16-24-32-74)105-70-95(69-104(110(105)115)117(102)93-51-41-77(42-52-93)73-29-21-15-22-30-73)116(91-47-37-75(38-48-91)71-25-17-13-18-26-71)92-49-39-76(40-50-92)72-27-19-14-20-28-72/h71-110H,13-70H2,1-12H3. The lowest BCUT2D eigenvalue weighted by Crippen LogP contribution is -2.76. The molecule has 0 N–H and O–H groups in total. The van der Waals surface area contributed by atoms with Crippen molar-refractivity contribution in [2.45, 2.75) is 527 Å². The summed E-state index contributed by atoms with van der Waals surface area (Å²) in [6.45, 7) is 33.6. The minimum Gasteiger partial charge on any atom is -0.295 e. The summed E-state index contributed by atoms with van der Waals surface area (Å²) in [6.07, 6.45) is 91.5. The van der Waals surface area contributed by atoms with Crippen LogP contribution in [0.25, 0.3) is 0 Å². The van der Waals surface area contributed by atoms with Gasteiger partial charge in [0.05, 0.1) is 0 Å². The summed E-state index contributed by atoms with van der Waals surface area (Å²) in [7, 11) is 0. The predicted molar refractivity (Wildman–Crippen MR) is 500 cm³/mol. The Labute approximate surface area is 731 Å². The summed E-state index contributed by atoms with van der Waals surface area (Å²) >= 11 is 0. The first kappa shape index (κ1) is 84.8. The molecule has 19 aliphatic carbocycles. The van der Waals surface area contributed by atoms with Gasteiger partial charge in [-0.25, -0.2) is 0 Å². The Bertz CT molecular complexity index is 3040. The predicted octanol–water partition coefficient (Wildman–Crippen LogP) is 31.2. The molecule has 19 saturated carbocycles. The minimum atomic E-state index is 0.427. The van der Waals surface area contributed by atoms with E-state index >= 15 is 0 Å². The smallest absolute Gasteiger partial charge is 0.156 e. The molecule has 26 unspecified atom stereocenters. The van der Waals surface area contributed by atoms with Crippen LogP contribution in [-0.2, 0) is 0 Å². The zero-order chi connectivity index (χ0) is 80.4. The summed E-state index contributed by atoms with van der Waals surface area (Å²) < 4.78 is 0. The number of rotatable bonds is 11. The molecular formula is C114H192BN3. The van der Waals surface area contributed by atoms with Crippen LogP contribution in [0.2, 0.25) is 17.5 Å². The van der Waals surface area contributed by atoms with Crippen LogP contribution >= 0.6 is 0 Å². The molecule has 0 aromatic rings. The van der Waals surface area contributed by atoms with Crippen LogP contribution in [0.3, 0.4) is 0 Å². The van der Waals surface area contributed by atoms with Gasteiger partial charge in [0, 0.05) is 54.4 Å². The van der Waals surface area contributed by atoms with Gasteiger partial charge in [0.15, 0.2) is 6.71 Å². The molecule has 4 heteroatoms. The van der Waals surface area contributed by atoms with Crippen LogP contribution in [0.5, 0.6) is 0 Å². The lowest BCUT2D eigenvalue weighted by atomic mass is 9.18. The SMILES string of the molecule is CC(C)(C)C1CC2CCC3CC(C(C)(C)C)CC4C(C5CCC6C(C5)B5C7CC(C8CC9CC(C(C)(C)C)CC%10CCC%11CC(C(C)(C)C)CC8C%11C%109)CCC7N(C7CCC(C8CCCCC8)CC7)C7CC(N(C8CCC(C9CCCCC9)CC8)C8CCC(C9CCCCC9)CC8)CC(C57)N6C5CCC(C6CCCCC6)CC5)CC(C1)C2C34. The molecule has 0 aromatic carbocycles. The van der Waals surface area contributed by atoms with Crippen molar-refractivity contribution >= 4 is 6.71 Å². The van der Waals surface area contributed by atoms with Gasteiger partial charge in [-0.05, 0) is 436 Å². The van der Waals surface area contributed by atoms with Crippen molar-refractivity contribution in [2.24, 2.45) is 187 Å². The molecule has 21 fully saturated rings. The molecule has 0 bridgehead atoms. The van der Waals surface area contributed by atoms with Crippen LogP contribution in [0, 0.1) is 187 Å². The van der Waals surface area contributed by atoms with E-state index in [1.54, 1.807) is 295 Å². The number of hydrogen-bond acceptors (Lipinski definition) is 3. The lowest BCUT2D eigenvalue weighted by molar-refractivity contribution is -0.155. The Hall–Kier alpha value is -0.0551. The van der Waals surface area contributed by atoms with E-state index in [0.717, 1.165) is 244 Å². The molecule has 26 atom stereocenters. The van der Waals surface area contributed by atoms with Crippen molar-refractivity contribution < 1.29 is 0 Å². The fraction of sp³-hybridized carbons (Fsp3) is 1.00. The van der Waals surface area contributed by atoms with Gasteiger partial charge in [-0.1, -0.05) is 224 Å². The topological polar surface area (TPSA) is 9.72 Å². The second kappa shape index (κ2) is 34.3. The van der Waals surface area contributed by atoms with Crippen LogP contribution in [0.4, 0.5) is 0 Å². The monoisotopic (exact) mass is 1610 g/mol. The highest BCUT2D eigenvalue weighted by atomic mass is 15.3. The van der Waals surface area contributed by atoms with Crippen molar-refractivity contribution in [1.82, 2.24) is 14.7 Å². The third-order valence-electron chi connectivity index (χ3n) is 47.0. The van der Waals surface area contributed by atoms with Crippen molar-refractivity contribution in [1.29, 1.82) is 0 Å². The maximum Gasteiger partial charge on any atom is 0.156 e. The highest BCUT2D eigenvalue weighted by molar-refractivity contribution is 6.65. The van der Waals surface area contributed by atoms with Crippen LogP contribution in [0.1, 0.15) is 455 Å². The summed E-state index contributed by atoms with van der Waals surface area (Å²) in [5.74, 6) is 31.0. The minimum absolute atomic E-state index is 0.427. The molecule has 0 radical (unpaired) electrons. The zero-order valence-electron chi connectivity index (χ0n) is 80.0. The summed E-state index contributed by atoms with van der Waals surface area (Å²) in [5, 5.41) is 0. The van der Waals surface area contributed by atoms with E-state index < -0.39 is 0 Å². The van der Waals surface area contributed by atoms with Gasteiger partial charge in [-0.15, -0.1) is 0 Å². The van der Waals surface area contributed by atoms with Crippen molar-refractivity contribution in [3.63, 3.8) is 0 Å². The molecule has 3 nitrogen and oxygen atoms in total. The molecule has 21 rings (SSSR count). The largest absolute Gasteiger partial charge is 0.295 e. The first-order valence-corrected chi connectivity index (χ1v) is 56.3. The Morgan fingerprint density at radius 1 is 0.203 bits per heavy atom. The normalized spacial score (nSPS) is 50.0. The Morgan fingerprint density at radius 3 is 0.797 bits per heavy atom. The third kappa shape index (κ3) is 16.2. The fourth-order valence-corrected chi connectivity index (χ4v) is 41.6. The average Bonchev–Trinajstić information content (AvgIpc) is 0.684. The van der Waals surface area contributed by atoms with E-state index in [1.165, 1.54) is 77.0 Å². The van der Waals surface area contributed by atoms with Crippen molar-refractivity contribution in [3.8, 4) is 0 Å². The van der Waals surface area contributed by atoms with E-state index in [9.17, 15) is 0 Å². The van der Waals surface area contributed by atoms with Crippen LogP contribution < -0.4 is 0 Å². The van der Waals surface area contributed by atoms with Gasteiger partial charge in [0.25, 0.3) is 0 Å². The van der Waals surface area contributed by atoms with Gasteiger partial charge in [0.2, 0.25) is 0 Å². The average molecular weight is 1620 g/mol. The Kier molecular flexibility index (Phi) is 24.7. The van der Waals surface area contributed by atoms with E-state index in [4.69, 9.17) is 0 Å². The summed E-state index contributed by atoms with van der Waals surface area (Å²) in [6, 6.07) is 7.45. The van der Waals surface area contributed by atoms with Crippen molar-refractivity contribution in [3.05, 3.63) is 0 Å². The second-order valence-electron chi connectivity index (χ2n) is 55.5. The molecule has 2 aliphatic heterocycles. The first-order valence-electron chi connectivity index (χ1n) is 56.3. The third-order valence-corrected chi connectivity index (χ3v) is 47.0. The van der Waals surface area contributed by atoms with Crippen LogP contribution in [-0.4, -0.2) is 75.8 Å². The highest BCUT2D eigenvalue weighted by Gasteiger charge is 2.70. The molecule has 2 heterocycles. The quantitative estimate of drug-likeness (QED) is 0.191. The Morgan fingerprint density at radius 2 is 0.475 bits per heavy atom. The molecule has 21 aliphatic rings. The zero-order valence-corrected chi connectivity index (χ0v) is 80.0. The van der Waals surface area contributed by atoms with E-state index in [2.05, 4.69) is 97.8 Å². The van der Waals surface area contributed by atoms with Crippen LogP contribution in [0.15, 0.2) is 0 Å². The maximum atomic E-state index is 3.85. The van der Waals surface area contributed by atoms with E-state index in [1.807, 2.05) is 0 Å².